The van der Waals surface area contributed by atoms with Gasteiger partial charge in [-0.25, -0.2) is 8.42 Å². The number of amides is 1. The minimum absolute atomic E-state index is 0.0494. The first-order valence-electron chi connectivity index (χ1n) is 8.13. The minimum Gasteiger partial charge on any atom is -0.492 e. The maximum absolute atomic E-state index is 12.6. The van der Waals surface area contributed by atoms with Gasteiger partial charge in [0.05, 0.1) is 5.75 Å². The van der Waals surface area contributed by atoms with E-state index in [1.807, 2.05) is 19.1 Å². The predicted molar refractivity (Wildman–Crippen MR) is 108 cm³/mol. The molecule has 0 aliphatic heterocycles. The lowest BCUT2D eigenvalue weighted by molar-refractivity contribution is 0.0998. The van der Waals surface area contributed by atoms with E-state index in [9.17, 15) is 13.2 Å². The van der Waals surface area contributed by atoms with Gasteiger partial charge in [-0.3, -0.25) is 4.79 Å². The van der Waals surface area contributed by atoms with E-state index >= 15 is 0 Å². The number of aryl methyl sites for hydroxylation is 1. The first-order chi connectivity index (χ1) is 12.7. The second-order valence-corrected chi connectivity index (χ2v) is 9.33. The highest BCUT2D eigenvalue weighted by Gasteiger charge is 2.18. The number of carbonyl (C=O) groups excluding carboxylic acids is 1. The Hall–Kier alpha value is -2.32. The number of hydrogen-bond donors (Lipinski definition) is 1. The number of halogens is 1. The molecule has 0 saturated carbocycles. The van der Waals surface area contributed by atoms with Crippen LogP contribution in [0.2, 0.25) is 0 Å². The second-order valence-electron chi connectivity index (χ2n) is 6.16. The number of anilines is 1. The van der Waals surface area contributed by atoms with Crippen LogP contribution in [0.3, 0.4) is 0 Å². The first kappa shape index (κ1) is 19.4. The summed E-state index contributed by atoms with van der Waals surface area (Å²) in [6.45, 7) is 1.88. The van der Waals surface area contributed by atoms with Gasteiger partial charge in [-0.15, -0.1) is 0 Å². The molecule has 1 amide bonds. The molecule has 0 atom stereocenters. The Morgan fingerprint density at radius 3 is 2.74 bits per heavy atom. The lowest BCUT2D eigenvalue weighted by atomic mass is 10.1. The molecular weight excluding hydrogens is 434 g/mol. The molecule has 0 aliphatic rings. The Morgan fingerprint density at radius 2 is 2.00 bits per heavy atom. The molecule has 1 N–H and O–H groups in total. The van der Waals surface area contributed by atoms with E-state index in [1.54, 1.807) is 30.3 Å². The zero-order chi connectivity index (χ0) is 19.6. The van der Waals surface area contributed by atoms with Crippen molar-refractivity contribution in [3.63, 3.8) is 0 Å². The smallest absolute Gasteiger partial charge is 0.291 e. The number of fused-ring (bicyclic) bond motifs is 1. The van der Waals surface area contributed by atoms with Crippen molar-refractivity contribution in [2.75, 3.05) is 23.9 Å². The third-order valence-electron chi connectivity index (χ3n) is 3.92. The number of carbonyl (C=O) groups is 1. The van der Waals surface area contributed by atoms with Crippen LogP contribution in [0.15, 0.2) is 51.4 Å². The average Bonchev–Trinajstić information content (AvgIpc) is 2.91. The summed E-state index contributed by atoms with van der Waals surface area (Å²) < 4.78 is 34.4. The Balaban J connectivity index is 1.74. The molecule has 8 heteroatoms. The summed E-state index contributed by atoms with van der Waals surface area (Å²) in [4.78, 5) is 12.6. The van der Waals surface area contributed by atoms with Gasteiger partial charge < -0.3 is 14.5 Å². The summed E-state index contributed by atoms with van der Waals surface area (Å²) in [5.74, 6) is 0.276. The second kappa shape index (κ2) is 7.74. The topological polar surface area (TPSA) is 85.6 Å². The van der Waals surface area contributed by atoms with Crippen LogP contribution in [-0.2, 0) is 9.84 Å². The average molecular weight is 452 g/mol. The van der Waals surface area contributed by atoms with E-state index in [1.165, 1.54) is 0 Å². The molecule has 0 bridgehead atoms. The summed E-state index contributed by atoms with van der Waals surface area (Å²) in [5.41, 5.74) is 1.92. The van der Waals surface area contributed by atoms with Gasteiger partial charge in [-0.05, 0) is 37.3 Å². The molecule has 0 aliphatic carbocycles. The van der Waals surface area contributed by atoms with Crippen LogP contribution in [0, 0.1) is 6.92 Å². The predicted octanol–water partition coefficient (Wildman–Crippen LogP) is 4.18. The molecule has 1 heterocycles. The standard InChI is InChI=1S/C19H18BrNO5S/c1-12-16-10-13(20)6-7-17(16)26-18(12)19(22)21-14-4-3-5-15(11-14)25-8-9-27(2,23)24/h3-7,10-11H,8-9H2,1-2H3,(H,21,22). The van der Waals surface area contributed by atoms with Crippen LogP contribution in [0.5, 0.6) is 5.75 Å². The highest BCUT2D eigenvalue weighted by atomic mass is 79.9. The lowest BCUT2D eigenvalue weighted by Gasteiger charge is -2.08. The fourth-order valence-electron chi connectivity index (χ4n) is 2.57. The third kappa shape index (κ3) is 4.90. The van der Waals surface area contributed by atoms with Gasteiger partial charge in [-0.1, -0.05) is 22.0 Å². The maximum Gasteiger partial charge on any atom is 0.291 e. The van der Waals surface area contributed by atoms with Crippen molar-refractivity contribution in [2.24, 2.45) is 0 Å². The molecule has 1 aromatic heterocycles. The number of sulfone groups is 1. The molecule has 142 valence electrons. The molecule has 0 saturated heterocycles. The summed E-state index contributed by atoms with van der Waals surface area (Å²) >= 11 is 3.41. The van der Waals surface area contributed by atoms with E-state index in [2.05, 4.69) is 21.2 Å². The van der Waals surface area contributed by atoms with E-state index < -0.39 is 9.84 Å². The maximum atomic E-state index is 12.6. The summed E-state index contributed by atoms with van der Waals surface area (Å²) in [5, 5.41) is 3.65. The lowest BCUT2D eigenvalue weighted by Crippen LogP contribution is -2.13. The first-order valence-corrected chi connectivity index (χ1v) is 11.0. The van der Waals surface area contributed by atoms with Crippen molar-refractivity contribution in [1.29, 1.82) is 0 Å². The van der Waals surface area contributed by atoms with Crippen molar-refractivity contribution in [1.82, 2.24) is 0 Å². The highest BCUT2D eigenvalue weighted by Crippen LogP contribution is 2.29. The zero-order valence-electron chi connectivity index (χ0n) is 14.8. The Labute approximate surface area is 165 Å². The molecule has 2 aromatic carbocycles. The molecule has 3 rings (SSSR count). The Morgan fingerprint density at radius 1 is 1.22 bits per heavy atom. The van der Waals surface area contributed by atoms with Gasteiger partial charge in [0, 0.05) is 33.4 Å². The number of furan rings is 1. The van der Waals surface area contributed by atoms with E-state index in [0.29, 0.717) is 17.0 Å². The van der Waals surface area contributed by atoms with E-state index in [4.69, 9.17) is 9.15 Å². The normalized spacial score (nSPS) is 11.5. The molecule has 0 spiro atoms. The van der Waals surface area contributed by atoms with Crippen molar-refractivity contribution in [2.45, 2.75) is 6.92 Å². The van der Waals surface area contributed by atoms with Crippen molar-refractivity contribution in [3.05, 3.63) is 58.3 Å². The molecule has 27 heavy (non-hydrogen) atoms. The Bertz CT molecular complexity index is 1100. The summed E-state index contributed by atoms with van der Waals surface area (Å²) in [6.07, 6.45) is 1.15. The number of hydrogen-bond acceptors (Lipinski definition) is 5. The Kier molecular flexibility index (Phi) is 5.57. The SMILES string of the molecule is Cc1c(C(=O)Nc2cccc(OCCS(C)(=O)=O)c2)oc2ccc(Br)cc12. The van der Waals surface area contributed by atoms with Crippen LogP contribution < -0.4 is 10.1 Å². The van der Waals surface area contributed by atoms with Crippen LogP contribution in [0.25, 0.3) is 11.0 Å². The number of benzene rings is 2. The van der Waals surface area contributed by atoms with Crippen molar-refractivity contribution < 1.29 is 22.4 Å². The van der Waals surface area contributed by atoms with Gasteiger partial charge in [0.25, 0.3) is 5.91 Å². The fraction of sp³-hybridized carbons (Fsp3) is 0.211. The van der Waals surface area contributed by atoms with Crippen LogP contribution in [0.1, 0.15) is 16.1 Å². The fourth-order valence-corrected chi connectivity index (χ4v) is 3.32. The number of nitrogens with one attached hydrogen (secondary N) is 1. The zero-order valence-corrected chi connectivity index (χ0v) is 17.2. The van der Waals surface area contributed by atoms with Crippen LogP contribution in [-0.4, -0.2) is 32.9 Å². The number of ether oxygens (including phenoxy) is 1. The molecule has 3 aromatic rings. The molecule has 6 nitrogen and oxygen atoms in total. The third-order valence-corrected chi connectivity index (χ3v) is 5.32. The molecular formula is C19H18BrNO5S. The van der Waals surface area contributed by atoms with Gasteiger partial charge >= 0.3 is 0 Å². The monoisotopic (exact) mass is 451 g/mol. The van der Waals surface area contributed by atoms with Gasteiger partial charge in [0.1, 0.15) is 17.9 Å². The van der Waals surface area contributed by atoms with Crippen molar-refractivity contribution >= 4 is 48.3 Å². The van der Waals surface area contributed by atoms with Crippen molar-refractivity contribution in [3.8, 4) is 5.75 Å². The number of rotatable bonds is 6. The molecule has 0 unspecified atom stereocenters. The van der Waals surface area contributed by atoms with Gasteiger partial charge in [0.15, 0.2) is 15.6 Å². The van der Waals surface area contributed by atoms with E-state index in [0.717, 1.165) is 21.7 Å². The molecule has 0 fully saturated rings. The quantitative estimate of drug-likeness (QED) is 0.607. The van der Waals surface area contributed by atoms with E-state index in [-0.39, 0.29) is 24.0 Å². The summed E-state index contributed by atoms with van der Waals surface area (Å²) in [7, 11) is -3.09. The highest BCUT2D eigenvalue weighted by molar-refractivity contribution is 9.10. The largest absolute Gasteiger partial charge is 0.492 e. The molecule has 0 radical (unpaired) electrons. The summed E-state index contributed by atoms with van der Waals surface area (Å²) in [6, 6.07) is 12.3. The van der Waals surface area contributed by atoms with Gasteiger partial charge in [0.2, 0.25) is 0 Å². The van der Waals surface area contributed by atoms with Crippen LogP contribution >= 0.6 is 15.9 Å². The van der Waals surface area contributed by atoms with Crippen LogP contribution in [0.4, 0.5) is 5.69 Å². The van der Waals surface area contributed by atoms with Gasteiger partial charge in [-0.2, -0.15) is 0 Å². The minimum atomic E-state index is -3.09.